The van der Waals surface area contributed by atoms with Crippen molar-refractivity contribution < 1.29 is 14.3 Å². The van der Waals surface area contributed by atoms with E-state index >= 15 is 0 Å². The Balaban J connectivity index is 1.61. The van der Waals surface area contributed by atoms with Crippen molar-refractivity contribution in [1.29, 1.82) is 0 Å². The summed E-state index contributed by atoms with van der Waals surface area (Å²) in [5.74, 6) is 0.774. The molecule has 2 fully saturated rings. The molecule has 3 rings (SSSR count). The first-order chi connectivity index (χ1) is 10.2. The first kappa shape index (κ1) is 13.9. The summed E-state index contributed by atoms with van der Waals surface area (Å²) in [5, 5.41) is 2.84. The van der Waals surface area contributed by atoms with Crippen molar-refractivity contribution in [2.24, 2.45) is 0 Å². The van der Waals surface area contributed by atoms with Gasteiger partial charge in [0.15, 0.2) is 5.78 Å². The molecule has 6 heteroatoms. The molecule has 21 heavy (non-hydrogen) atoms. The van der Waals surface area contributed by atoms with Crippen molar-refractivity contribution in [2.75, 3.05) is 39.8 Å². The van der Waals surface area contributed by atoms with Gasteiger partial charge in [-0.05, 0) is 12.1 Å². The van der Waals surface area contributed by atoms with Gasteiger partial charge in [-0.1, -0.05) is 12.1 Å². The van der Waals surface area contributed by atoms with E-state index in [0.29, 0.717) is 30.9 Å². The van der Waals surface area contributed by atoms with Crippen LogP contribution in [0, 0.1) is 0 Å². The lowest BCUT2D eigenvalue weighted by Crippen LogP contribution is -2.53. The van der Waals surface area contributed by atoms with E-state index in [1.807, 2.05) is 23.1 Å². The van der Waals surface area contributed by atoms with Gasteiger partial charge < -0.3 is 15.0 Å². The predicted molar refractivity (Wildman–Crippen MR) is 77.7 cm³/mol. The third-order valence-electron chi connectivity index (χ3n) is 4.08. The zero-order valence-corrected chi connectivity index (χ0v) is 12.0. The molecule has 1 aromatic rings. The number of ketones is 1. The summed E-state index contributed by atoms with van der Waals surface area (Å²) in [5.41, 5.74) is 0.664. The van der Waals surface area contributed by atoms with Crippen molar-refractivity contribution in [3.05, 3.63) is 29.8 Å². The van der Waals surface area contributed by atoms with Crippen LogP contribution in [0.1, 0.15) is 10.4 Å². The Bertz CT molecular complexity index is 561. The SMILES string of the molecule is COc1cccc(C(=O)CN2CCN3C(=O)NCC3C2)c1. The third-order valence-corrected chi connectivity index (χ3v) is 4.08. The molecule has 0 saturated carbocycles. The number of nitrogens with zero attached hydrogens (tertiary/aromatic N) is 2. The molecule has 2 heterocycles. The highest BCUT2D eigenvalue weighted by atomic mass is 16.5. The second-order valence-corrected chi connectivity index (χ2v) is 5.42. The molecule has 0 spiro atoms. The number of carbonyl (C=O) groups is 2. The number of Topliss-reactive ketones (excluding diaryl/α,β-unsaturated/α-hetero) is 1. The zero-order valence-electron chi connectivity index (χ0n) is 12.0. The lowest BCUT2D eigenvalue weighted by Gasteiger charge is -2.35. The van der Waals surface area contributed by atoms with Crippen LogP contribution < -0.4 is 10.1 Å². The predicted octanol–water partition coefficient (Wildman–Crippen LogP) is 0.587. The highest BCUT2D eigenvalue weighted by Gasteiger charge is 2.35. The van der Waals surface area contributed by atoms with Gasteiger partial charge in [0, 0.05) is 31.7 Å². The topological polar surface area (TPSA) is 61.9 Å². The minimum atomic E-state index is 0.0128. The van der Waals surface area contributed by atoms with Gasteiger partial charge in [-0.25, -0.2) is 4.79 Å². The molecule has 6 nitrogen and oxygen atoms in total. The number of ether oxygens (including phenoxy) is 1. The summed E-state index contributed by atoms with van der Waals surface area (Å²) in [6, 6.07) is 7.42. The molecular weight excluding hydrogens is 270 g/mol. The van der Waals surface area contributed by atoms with Crippen LogP contribution in [-0.4, -0.2) is 67.5 Å². The van der Waals surface area contributed by atoms with Crippen LogP contribution in [0.25, 0.3) is 0 Å². The van der Waals surface area contributed by atoms with Gasteiger partial charge in [-0.3, -0.25) is 9.69 Å². The Labute approximate surface area is 123 Å². The van der Waals surface area contributed by atoms with Gasteiger partial charge in [0.2, 0.25) is 0 Å². The Kier molecular flexibility index (Phi) is 3.79. The molecule has 1 N–H and O–H groups in total. The number of rotatable bonds is 4. The fraction of sp³-hybridized carbons (Fsp3) is 0.467. The lowest BCUT2D eigenvalue weighted by molar-refractivity contribution is 0.0838. The summed E-state index contributed by atoms with van der Waals surface area (Å²) >= 11 is 0. The van der Waals surface area contributed by atoms with Crippen LogP contribution in [0.4, 0.5) is 4.79 Å². The van der Waals surface area contributed by atoms with Gasteiger partial charge >= 0.3 is 6.03 Å². The van der Waals surface area contributed by atoms with Crippen LogP contribution >= 0.6 is 0 Å². The average Bonchev–Trinajstić information content (AvgIpc) is 2.88. The van der Waals surface area contributed by atoms with Crippen LogP contribution in [0.15, 0.2) is 24.3 Å². The number of benzene rings is 1. The Morgan fingerprint density at radius 3 is 3.10 bits per heavy atom. The second kappa shape index (κ2) is 5.73. The molecule has 2 amide bonds. The summed E-state index contributed by atoms with van der Waals surface area (Å²) < 4.78 is 5.15. The maximum atomic E-state index is 12.3. The minimum Gasteiger partial charge on any atom is -0.497 e. The molecule has 0 radical (unpaired) electrons. The minimum absolute atomic E-state index is 0.0128. The van der Waals surface area contributed by atoms with E-state index in [2.05, 4.69) is 10.2 Å². The van der Waals surface area contributed by atoms with Crippen molar-refractivity contribution >= 4 is 11.8 Å². The molecule has 2 aliphatic heterocycles. The molecule has 0 bridgehead atoms. The van der Waals surface area contributed by atoms with Crippen molar-refractivity contribution in [3.8, 4) is 5.75 Å². The summed E-state index contributed by atoms with van der Waals surface area (Å²) in [6.45, 7) is 3.21. The summed E-state index contributed by atoms with van der Waals surface area (Å²) in [7, 11) is 1.59. The number of carbonyl (C=O) groups excluding carboxylic acids is 2. The highest BCUT2D eigenvalue weighted by molar-refractivity contribution is 5.98. The number of hydrogen-bond donors (Lipinski definition) is 1. The molecule has 2 aliphatic rings. The van der Waals surface area contributed by atoms with Gasteiger partial charge in [0.25, 0.3) is 0 Å². The van der Waals surface area contributed by atoms with Gasteiger partial charge in [0.05, 0.1) is 19.7 Å². The summed E-state index contributed by atoms with van der Waals surface area (Å²) in [6.07, 6.45) is 0. The molecular formula is C15H19N3O3. The second-order valence-electron chi connectivity index (χ2n) is 5.42. The normalized spacial score (nSPS) is 21.9. The average molecular weight is 289 g/mol. The molecule has 112 valence electrons. The molecule has 2 saturated heterocycles. The number of fused-ring (bicyclic) bond motifs is 1. The fourth-order valence-corrected chi connectivity index (χ4v) is 2.90. The highest BCUT2D eigenvalue weighted by Crippen LogP contribution is 2.16. The van der Waals surface area contributed by atoms with Crippen LogP contribution in [0.3, 0.4) is 0 Å². The van der Waals surface area contributed by atoms with Gasteiger partial charge in [-0.2, -0.15) is 0 Å². The maximum Gasteiger partial charge on any atom is 0.317 e. The van der Waals surface area contributed by atoms with E-state index < -0.39 is 0 Å². The molecule has 0 aromatic heterocycles. The maximum absolute atomic E-state index is 12.3. The van der Waals surface area contributed by atoms with E-state index in [0.717, 1.165) is 13.1 Å². The molecule has 1 unspecified atom stereocenters. The standard InChI is InChI=1S/C15H19N3O3/c1-21-13-4-2-3-11(7-13)14(19)10-17-5-6-18-12(9-17)8-16-15(18)20/h2-4,7,12H,5-6,8-10H2,1H3,(H,16,20). The van der Waals surface area contributed by atoms with Crippen LogP contribution in [-0.2, 0) is 0 Å². The number of methoxy groups -OCH3 is 1. The zero-order chi connectivity index (χ0) is 14.8. The summed E-state index contributed by atoms with van der Waals surface area (Å²) in [4.78, 5) is 27.9. The number of amides is 2. The van der Waals surface area contributed by atoms with E-state index in [-0.39, 0.29) is 17.9 Å². The Hall–Kier alpha value is -2.08. The van der Waals surface area contributed by atoms with Crippen molar-refractivity contribution in [2.45, 2.75) is 6.04 Å². The fourth-order valence-electron chi connectivity index (χ4n) is 2.90. The third kappa shape index (κ3) is 2.85. The van der Waals surface area contributed by atoms with Gasteiger partial charge in [0.1, 0.15) is 5.75 Å². The number of nitrogens with one attached hydrogen (secondary N) is 1. The number of hydrogen-bond acceptors (Lipinski definition) is 4. The number of urea groups is 1. The van der Waals surface area contributed by atoms with Crippen LogP contribution in [0.5, 0.6) is 5.75 Å². The first-order valence-corrected chi connectivity index (χ1v) is 7.11. The molecule has 0 aliphatic carbocycles. The first-order valence-electron chi connectivity index (χ1n) is 7.11. The van der Waals surface area contributed by atoms with Gasteiger partial charge in [-0.15, -0.1) is 0 Å². The molecule has 1 atom stereocenters. The largest absolute Gasteiger partial charge is 0.497 e. The molecule has 1 aromatic carbocycles. The quantitative estimate of drug-likeness (QED) is 0.824. The van der Waals surface area contributed by atoms with E-state index in [9.17, 15) is 9.59 Å². The van der Waals surface area contributed by atoms with Crippen molar-refractivity contribution in [1.82, 2.24) is 15.1 Å². The lowest BCUT2D eigenvalue weighted by atomic mass is 10.1. The van der Waals surface area contributed by atoms with Crippen molar-refractivity contribution in [3.63, 3.8) is 0 Å². The number of piperazine rings is 1. The monoisotopic (exact) mass is 289 g/mol. The van der Waals surface area contributed by atoms with E-state index in [1.165, 1.54) is 0 Å². The Morgan fingerprint density at radius 1 is 1.43 bits per heavy atom. The van der Waals surface area contributed by atoms with E-state index in [4.69, 9.17) is 4.74 Å². The van der Waals surface area contributed by atoms with E-state index in [1.54, 1.807) is 13.2 Å². The van der Waals surface area contributed by atoms with Crippen LogP contribution in [0.2, 0.25) is 0 Å². The Morgan fingerprint density at radius 2 is 2.29 bits per heavy atom. The smallest absolute Gasteiger partial charge is 0.317 e.